The van der Waals surface area contributed by atoms with Crippen LogP contribution in [0.2, 0.25) is 0 Å². The summed E-state index contributed by atoms with van der Waals surface area (Å²) in [6.45, 7) is 6.21. The van der Waals surface area contributed by atoms with Crippen molar-refractivity contribution in [1.82, 2.24) is 24.1 Å². The molecule has 2 aromatic carbocycles. The third kappa shape index (κ3) is 4.32. The molecule has 0 saturated carbocycles. The van der Waals surface area contributed by atoms with Crippen molar-refractivity contribution in [3.63, 3.8) is 0 Å². The van der Waals surface area contributed by atoms with Crippen molar-refractivity contribution in [2.45, 2.75) is 32.9 Å². The first-order valence-corrected chi connectivity index (χ1v) is 12.4. The van der Waals surface area contributed by atoms with E-state index in [-0.39, 0.29) is 0 Å². The number of rotatable bonds is 8. The van der Waals surface area contributed by atoms with Crippen LogP contribution in [0.3, 0.4) is 0 Å². The number of pyridine rings is 1. The molecule has 0 radical (unpaired) electrons. The Bertz CT molecular complexity index is 1490. The molecule has 3 heterocycles. The van der Waals surface area contributed by atoms with Gasteiger partial charge in [0, 0.05) is 25.4 Å². The van der Waals surface area contributed by atoms with Gasteiger partial charge in [-0.05, 0) is 51.2 Å². The summed E-state index contributed by atoms with van der Waals surface area (Å²) in [6, 6.07) is 14.6. The summed E-state index contributed by atoms with van der Waals surface area (Å²) in [5, 5.41) is 0. The van der Waals surface area contributed by atoms with E-state index in [1.165, 1.54) is 5.56 Å². The molecule has 5 aromatic rings. The molecular weight excluding hydrogens is 506 g/mol. The Morgan fingerprint density at radius 1 is 1.06 bits per heavy atom. The maximum absolute atomic E-state index is 5.89. The number of imidazole rings is 2. The fraction of sp³-hybridized carbons (Fsp3) is 0.296. The second-order valence-corrected chi connectivity index (χ2v) is 9.62. The van der Waals surface area contributed by atoms with E-state index in [1.54, 1.807) is 20.4 Å². The number of fused-ring (bicyclic) bond motifs is 2. The van der Waals surface area contributed by atoms with E-state index in [4.69, 9.17) is 14.5 Å². The maximum atomic E-state index is 5.89. The monoisotopic (exact) mass is 533 g/mol. The molecule has 0 atom stereocenters. The van der Waals surface area contributed by atoms with Crippen molar-refractivity contribution in [3.8, 4) is 17.1 Å². The minimum Gasteiger partial charge on any atom is -0.494 e. The first kappa shape index (κ1) is 23.5. The molecule has 0 aliphatic carbocycles. The summed E-state index contributed by atoms with van der Waals surface area (Å²) >= 11 is 3.86. The Morgan fingerprint density at radius 2 is 1.86 bits per heavy atom. The summed E-state index contributed by atoms with van der Waals surface area (Å²) in [7, 11) is 3.41. The van der Waals surface area contributed by atoms with Gasteiger partial charge in [0.1, 0.15) is 28.1 Å². The topological polar surface area (TPSA) is 67.0 Å². The molecule has 0 fully saturated rings. The van der Waals surface area contributed by atoms with Crippen LogP contribution in [0.4, 0.5) is 0 Å². The summed E-state index contributed by atoms with van der Waals surface area (Å²) < 4.78 is 16.5. The number of hydrogen-bond acceptors (Lipinski definition) is 5. The minimum absolute atomic E-state index is 0.474. The predicted octanol–water partition coefficient (Wildman–Crippen LogP) is 6.04. The molecule has 0 amide bonds. The molecule has 0 saturated heterocycles. The number of halogens is 1. The molecule has 0 spiro atoms. The molecule has 0 aliphatic rings. The lowest BCUT2D eigenvalue weighted by molar-refractivity contribution is 0.188. The predicted molar refractivity (Wildman–Crippen MR) is 142 cm³/mol. The van der Waals surface area contributed by atoms with Crippen molar-refractivity contribution in [2.75, 3.05) is 20.8 Å². The number of benzene rings is 2. The molecule has 0 unspecified atom stereocenters. The zero-order valence-electron chi connectivity index (χ0n) is 20.3. The fourth-order valence-corrected chi connectivity index (χ4v) is 4.92. The van der Waals surface area contributed by atoms with E-state index >= 15 is 0 Å². The maximum Gasteiger partial charge on any atom is 0.160 e. The van der Waals surface area contributed by atoms with Crippen molar-refractivity contribution in [2.24, 2.45) is 0 Å². The number of nitrogens with zero attached hydrogens (tertiary/aromatic N) is 5. The lowest BCUT2D eigenvalue weighted by Crippen LogP contribution is -2.07. The molecule has 0 N–H and O–H groups in total. The first-order chi connectivity index (χ1) is 17.0. The molecule has 5 rings (SSSR count). The van der Waals surface area contributed by atoms with Gasteiger partial charge >= 0.3 is 0 Å². The second-order valence-electron chi connectivity index (χ2n) is 8.82. The average molecular weight is 534 g/mol. The minimum atomic E-state index is 0.474. The summed E-state index contributed by atoms with van der Waals surface area (Å²) in [6.07, 6.45) is 3.60. The molecular formula is C27H28BrN5O2. The van der Waals surface area contributed by atoms with Crippen LogP contribution in [-0.4, -0.2) is 44.9 Å². The van der Waals surface area contributed by atoms with Gasteiger partial charge in [-0.1, -0.05) is 38.1 Å². The molecule has 8 heteroatoms. The van der Waals surface area contributed by atoms with Crippen molar-refractivity contribution in [1.29, 1.82) is 0 Å². The third-order valence-electron chi connectivity index (χ3n) is 6.29. The fourth-order valence-electron chi connectivity index (χ4n) is 4.40. The Labute approximate surface area is 212 Å². The normalized spacial score (nSPS) is 11.7. The molecule has 3 aromatic heterocycles. The van der Waals surface area contributed by atoms with Crippen LogP contribution in [0, 0.1) is 0 Å². The molecule has 180 valence electrons. The van der Waals surface area contributed by atoms with Gasteiger partial charge in [0.25, 0.3) is 0 Å². The highest BCUT2D eigenvalue weighted by Crippen LogP contribution is 2.38. The van der Waals surface area contributed by atoms with E-state index < -0.39 is 0 Å². The zero-order chi connectivity index (χ0) is 24.5. The smallest absolute Gasteiger partial charge is 0.160 e. The van der Waals surface area contributed by atoms with E-state index in [1.807, 2.05) is 23.0 Å². The molecule has 0 aliphatic heterocycles. The highest BCUT2D eigenvalue weighted by Gasteiger charge is 2.22. The average Bonchev–Trinajstić information content (AvgIpc) is 3.46. The van der Waals surface area contributed by atoms with Crippen LogP contribution in [-0.2, 0) is 17.8 Å². The Balaban J connectivity index is 1.66. The number of hydrogen-bond donors (Lipinski definition) is 0. The van der Waals surface area contributed by atoms with E-state index in [9.17, 15) is 0 Å². The Kier molecular flexibility index (Phi) is 6.58. The van der Waals surface area contributed by atoms with Crippen molar-refractivity contribution >= 4 is 38.1 Å². The largest absolute Gasteiger partial charge is 0.494 e. The Morgan fingerprint density at radius 3 is 2.57 bits per heavy atom. The van der Waals surface area contributed by atoms with Crippen molar-refractivity contribution in [3.05, 3.63) is 70.6 Å². The summed E-state index contributed by atoms with van der Waals surface area (Å²) in [4.78, 5) is 14.1. The van der Waals surface area contributed by atoms with E-state index in [0.717, 1.165) is 49.4 Å². The van der Waals surface area contributed by atoms with Gasteiger partial charge in [-0.3, -0.25) is 0 Å². The summed E-state index contributed by atoms with van der Waals surface area (Å²) in [5.41, 5.74) is 6.91. The third-order valence-corrected chi connectivity index (χ3v) is 7.17. The van der Waals surface area contributed by atoms with Gasteiger partial charge in [0.05, 0.1) is 31.1 Å². The van der Waals surface area contributed by atoms with Gasteiger partial charge in [-0.25, -0.2) is 15.0 Å². The van der Waals surface area contributed by atoms with Gasteiger partial charge in [-0.15, -0.1) is 0 Å². The SMILES string of the molecule is COCCn1c(-c2ccc(C(C)C)cc2)nc2c(Br)c(Cn3cnc4cccnc43)cc(OC)c21. The van der Waals surface area contributed by atoms with Gasteiger partial charge < -0.3 is 18.6 Å². The van der Waals surface area contributed by atoms with E-state index in [0.29, 0.717) is 25.6 Å². The van der Waals surface area contributed by atoms with Crippen LogP contribution in [0.15, 0.2) is 59.5 Å². The lowest BCUT2D eigenvalue weighted by Gasteiger charge is -2.14. The highest BCUT2D eigenvalue weighted by atomic mass is 79.9. The highest BCUT2D eigenvalue weighted by molar-refractivity contribution is 9.10. The molecule has 7 nitrogen and oxygen atoms in total. The second kappa shape index (κ2) is 9.79. The Hall–Kier alpha value is -3.23. The zero-order valence-corrected chi connectivity index (χ0v) is 21.9. The number of methoxy groups -OCH3 is 2. The van der Waals surface area contributed by atoms with E-state index in [2.05, 4.69) is 74.6 Å². The standard InChI is InChI=1S/C27H28BrN5O2/c1-17(2)18-7-9-19(10-8-18)26-31-24-23(28)20(14-22(35-4)25(24)33(26)12-13-34-3)15-32-16-30-21-6-5-11-29-27(21)32/h5-11,14,16-17H,12-13,15H2,1-4H3. The molecule has 0 bridgehead atoms. The van der Waals surface area contributed by atoms with Crippen molar-refractivity contribution < 1.29 is 9.47 Å². The van der Waals surface area contributed by atoms with Crippen LogP contribution in [0.1, 0.15) is 30.9 Å². The van der Waals surface area contributed by atoms with Crippen LogP contribution < -0.4 is 4.74 Å². The van der Waals surface area contributed by atoms with Gasteiger partial charge in [-0.2, -0.15) is 0 Å². The van der Waals surface area contributed by atoms with Gasteiger partial charge in [0.15, 0.2) is 5.65 Å². The quantitative estimate of drug-likeness (QED) is 0.243. The number of ether oxygens (including phenoxy) is 2. The van der Waals surface area contributed by atoms with Crippen LogP contribution >= 0.6 is 15.9 Å². The summed E-state index contributed by atoms with van der Waals surface area (Å²) in [5.74, 6) is 2.13. The van der Waals surface area contributed by atoms with Gasteiger partial charge in [0.2, 0.25) is 0 Å². The first-order valence-electron chi connectivity index (χ1n) is 11.6. The lowest BCUT2D eigenvalue weighted by atomic mass is 10.0. The van der Waals surface area contributed by atoms with Crippen LogP contribution in [0.25, 0.3) is 33.6 Å². The number of aromatic nitrogens is 5. The molecule has 35 heavy (non-hydrogen) atoms. The van der Waals surface area contributed by atoms with Crippen LogP contribution in [0.5, 0.6) is 5.75 Å².